The minimum absolute atomic E-state index is 0. The molecule has 0 unspecified atom stereocenters. The van der Waals surface area contributed by atoms with Gasteiger partial charge in [-0.3, -0.25) is 14.4 Å². The molecule has 0 saturated carbocycles. The Balaban J connectivity index is 0.00000400. The van der Waals surface area contributed by atoms with Gasteiger partial charge in [0, 0.05) is 20.8 Å². The lowest BCUT2D eigenvalue weighted by Crippen LogP contribution is -2.63. The number of nitrogens with two attached hydrogens (primary N) is 1. The Hall–Kier alpha value is -1.67. The summed E-state index contributed by atoms with van der Waals surface area (Å²) in [5.74, 6) is -1.78. The summed E-state index contributed by atoms with van der Waals surface area (Å²) in [6.45, 7) is 5.22. The molecule has 1 heterocycles. The third-order valence-corrected chi connectivity index (χ3v) is 2.71. The smallest absolute Gasteiger partial charge is 0.303 e. The summed E-state index contributed by atoms with van der Waals surface area (Å²) in [4.78, 5) is 33.5. The van der Waals surface area contributed by atoms with Crippen molar-refractivity contribution in [3.05, 3.63) is 0 Å². The highest BCUT2D eigenvalue weighted by molar-refractivity contribution is 5.68. The van der Waals surface area contributed by atoms with Crippen LogP contribution < -0.4 is 5.73 Å². The standard InChI is InChI=1S/C12H19NO7.CH4/c1-5-9(18-6(2)14)10(19-7(3)15)11(12(13)17-5)20-8(4)16;/h5,9-12H,13H2,1-4H3;1H4/t5-,9+,10+,11-,12-;/m0./s1. The molecule has 8 heteroatoms. The first-order valence-electron chi connectivity index (χ1n) is 6.15. The van der Waals surface area contributed by atoms with Crippen LogP contribution in [0.4, 0.5) is 0 Å². The van der Waals surface area contributed by atoms with Crippen LogP contribution in [0.3, 0.4) is 0 Å². The quantitative estimate of drug-likeness (QED) is 0.577. The van der Waals surface area contributed by atoms with Crippen LogP contribution in [-0.2, 0) is 33.3 Å². The Morgan fingerprint density at radius 3 is 1.67 bits per heavy atom. The second kappa shape index (κ2) is 7.94. The van der Waals surface area contributed by atoms with Gasteiger partial charge in [-0.2, -0.15) is 0 Å². The molecule has 0 aromatic rings. The minimum atomic E-state index is -1.04. The Kier molecular flexibility index (Phi) is 7.31. The lowest BCUT2D eigenvalue weighted by Gasteiger charge is -2.42. The van der Waals surface area contributed by atoms with Crippen molar-refractivity contribution in [2.45, 2.75) is 65.8 Å². The van der Waals surface area contributed by atoms with Crippen LogP contribution in [0, 0.1) is 0 Å². The predicted molar refractivity (Wildman–Crippen MR) is 71.9 cm³/mol. The molecular formula is C13H23NO7. The zero-order valence-corrected chi connectivity index (χ0v) is 11.8. The first-order valence-corrected chi connectivity index (χ1v) is 6.15. The molecule has 1 rings (SSSR count). The van der Waals surface area contributed by atoms with Crippen molar-refractivity contribution in [3.63, 3.8) is 0 Å². The molecule has 0 radical (unpaired) electrons. The minimum Gasteiger partial charge on any atom is -0.456 e. The molecule has 1 aliphatic rings. The highest BCUT2D eigenvalue weighted by Gasteiger charge is 2.48. The van der Waals surface area contributed by atoms with E-state index in [1.54, 1.807) is 6.92 Å². The summed E-state index contributed by atoms with van der Waals surface area (Å²) >= 11 is 0. The van der Waals surface area contributed by atoms with E-state index in [-0.39, 0.29) is 7.43 Å². The second-order valence-electron chi connectivity index (χ2n) is 4.53. The summed E-state index contributed by atoms with van der Waals surface area (Å²) in [6, 6.07) is 0. The molecule has 21 heavy (non-hydrogen) atoms. The molecule has 0 aromatic carbocycles. The molecule has 1 saturated heterocycles. The van der Waals surface area contributed by atoms with Crippen molar-refractivity contribution in [2.75, 3.05) is 0 Å². The fraction of sp³-hybridized carbons (Fsp3) is 0.769. The molecule has 5 atom stereocenters. The Morgan fingerprint density at radius 2 is 1.24 bits per heavy atom. The van der Waals surface area contributed by atoms with Crippen LogP contribution >= 0.6 is 0 Å². The lowest BCUT2D eigenvalue weighted by molar-refractivity contribution is -0.242. The fourth-order valence-electron chi connectivity index (χ4n) is 2.05. The Bertz CT molecular complexity index is 370. The number of hydrogen-bond acceptors (Lipinski definition) is 8. The van der Waals surface area contributed by atoms with Crippen molar-refractivity contribution < 1.29 is 33.3 Å². The largest absolute Gasteiger partial charge is 0.456 e. The number of ether oxygens (including phenoxy) is 4. The number of rotatable bonds is 3. The number of esters is 3. The number of carbonyl (C=O) groups excluding carboxylic acids is 3. The van der Waals surface area contributed by atoms with Gasteiger partial charge in [0.05, 0.1) is 6.10 Å². The number of hydrogen-bond donors (Lipinski definition) is 1. The number of carbonyl (C=O) groups is 3. The summed E-state index contributed by atoms with van der Waals surface area (Å²) in [6.07, 6.45) is -4.55. The average molecular weight is 305 g/mol. The normalized spacial score (nSPS) is 31.6. The van der Waals surface area contributed by atoms with Gasteiger partial charge >= 0.3 is 17.9 Å². The van der Waals surface area contributed by atoms with E-state index in [4.69, 9.17) is 24.7 Å². The molecule has 0 aliphatic carbocycles. The molecule has 1 fully saturated rings. The van der Waals surface area contributed by atoms with Gasteiger partial charge in [-0.15, -0.1) is 0 Å². The maximum Gasteiger partial charge on any atom is 0.303 e. The van der Waals surface area contributed by atoms with Gasteiger partial charge in [-0.1, -0.05) is 7.43 Å². The maximum atomic E-state index is 11.2. The Labute approximate surface area is 123 Å². The van der Waals surface area contributed by atoms with Gasteiger partial charge in [-0.25, -0.2) is 0 Å². The summed E-state index contributed by atoms with van der Waals surface area (Å²) < 4.78 is 20.6. The van der Waals surface area contributed by atoms with E-state index in [1.165, 1.54) is 20.8 Å². The SMILES string of the molecule is C.CC(=O)O[C@@H]1[C@H](OC(C)=O)[C@H](C)O[C@H](N)[C@H]1OC(C)=O. The summed E-state index contributed by atoms with van der Waals surface area (Å²) in [7, 11) is 0. The third-order valence-electron chi connectivity index (χ3n) is 2.71. The van der Waals surface area contributed by atoms with Gasteiger partial charge < -0.3 is 24.7 Å². The summed E-state index contributed by atoms with van der Waals surface area (Å²) in [5.41, 5.74) is 5.75. The van der Waals surface area contributed by atoms with Crippen LogP contribution in [0.2, 0.25) is 0 Å². The van der Waals surface area contributed by atoms with Crippen molar-refractivity contribution in [1.82, 2.24) is 0 Å². The fourth-order valence-corrected chi connectivity index (χ4v) is 2.05. The molecule has 0 aromatic heterocycles. The first-order chi connectivity index (χ1) is 9.22. The van der Waals surface area contributed by atoms with Crippen LogP contribution in [-0.4, -0.2) is 48.6 Å². The highest BCUT2D eigenvalue weighted by atomic mass is 16.6. The first kappa shape index (κ1) is 19.3. The van der Waals surface area contributed by atoms with E-state index >= 15 is 0 Å². The lowest BCUT2D eigenvalue weighted by atomic mass is 9.98. The van der Waals surface area contributed by atoms with E-state index in [9.17, 15) is 14.4 Å². The zero-order chi connectivity index (χ0) is 15.4. The van der Waals surface area contributed by atoms with E-state index in [1.807, 2.05) is 0 Å². The van der Waals surface area contributed by atoms with Crippen molar-refractivity contribution in [1.29, 1.82) is 0 Å². The predicted octanol–water partition coefficient (Wildman–Crippen LogP) is 0.121. The van der Waals surface area contributed by atoms with Gasteiger partial charge in [0.2, 0.25) is 0 Å². The van der Waals surface area contributed by atoms with Crippen molar-refractivity contribution in [3.8, 4) is 0 Å². The van der Waals surface area contributed by atoms with Crippen molar-refractivity contribution in [2.24, 2.45) is 5.73 Å². The van der Waals surface area contributed by atoms with Gasteiger partial charge in [-0.05, 0) is 6.92 Å². The zero-order valence-electron chi connectivity index (χ0n) is 11.8. The van der Waals surface area contributed by atoms with E-state index in [0.717, 1.165) is 0 Å². The van der Waals surface area contributed by atoms with Crippen LogP contribution in [0.5, 0.6) is 0 Å². The van der Waals surface area contributed by atoms with Gasteiger partial charge in [0.15, 0.2) is 18.3 Å². The highest BCUT2D eigenvalue weighted by Crippen LogP contribution is 2.26. The molecule has 0 spiro atoms. The van der Waals surface area contributed by atoms with Crippen molar-refractivity contribution >= 4 is 17.9 Å². The van der Waals surface area contributed by atoms with E-state index in [2.05, 4.69) is 0 Å². The molecular weight excluding hydrogens is 282 g/mol. The van der Waals surface area contributed by atoms with Crippen LogP contribution in [0.15, 0.2) is 0 Å². The molecule has 0 bridgehead atoms. The third kappa shape index (κ3) is 5.31. The topological polar surface area (TPSA) is 114 Å². The average Bonchev–Trinajstić information content (AvgIpc) is 2.27. The van der Waals surface area contributed by atoms with Gasteiger partial charge in [0.1, 0.15) is 6.23 Å². The van der Waals surface area contributed by atoms with E-state index in [0.29, 0.717) is 0 Å². The molecule has 1 aliphatic heterocycles. The van der Waals surface area contributed by atoms with Gasteiger partial charge in [0.25, 0.3) is 0 Å². The molecule has 2 N–H and O–H groups in total. The molecule has 8 nitrogen and oxygen atoms in total. The summed E-state index contributed by atoms with van der Waals surface area (Å²) in [5, 5.41) is 0. The van der Waals surface area contributed by atoms with E-state index < -0.39 is 48.6 Å². The molecule has 0 amide bonds. The van der Waals surface area contributed by atoms with Crippen LogP contribution in [0.25, 0.3) is 0 Å². The van der Waals surface area contributed by atoms with Crippen LogP contribution in [0.1, 0.15) is 35.1 Å². The molecule has 122 valence electrons. The monoisotopic (exact) mass is 305 g/mol. The Morgan fingerprint density at radius 1 is 0.857 bits per heavy atom. The second-order valence-corrected chi connectivity index (χ2v) is 4.53. The maximum absolute atomic E-state index is 11.2.